The Balaban J connectivity index is 1.71. The van der Waals surface area contributed by atoms with Gasteiger partial charge >= 0.3 is 12.1 Å². The van der Waals surface area contributed by atoms with Crippen LogP contribution in [-0.4, -0.2) is 23.9 Å². The molecule has 0 radical (unpaired) electrons. The Kier molecular flexibility index (Phi) is 6.65. The van der Waals surface area contributed by atoms with E-state index in [2.05, 4.69) is 4.74 Å². The van der Waals surface area contributed by atoms with Crippen LogP contribution in [0.1, 0.15) is 5.56 Å². The standard InChI is InChI=1S/C17H17NO4S/c18-15(12-23-14-9-5-2-6-10-14)16(19)22-17(20)21-11-13-7-3-1-4-8-13/h1-10,15H,11-12,18H2/t15-/m0/s1. The molecule has 0 bridgehead atoms. The van der Waals surface area contributed by atoms with Gasteiger partial charge in [-0.15, -0.1) is 11.8 Å². The fourth-order valence-electron chi connectivity index (χ4n) is 1.67. The third-order valence-corrected chi connectivity index (χ3v) is 3.99. The van der Waals surface area contributed by atoms with Gasteiger partial charge in [-0.2, -0.15) is 0 Å². The first kappa shape index (κ1) is 17.1. The minimum atomic E-state index is -1.04. The number of esters is 1. The van der Waals surface area contributed by atoms with Crippen LogP contribution in [-0.2, 0) is 20.9 Å². The molecule has 6 heteroatoms. The van der Waals surface area contributed by atoms with Gasteiger partial charge in [-0.3, -0.25) is 0 Å². The van der Waals surface area contributed by atoms with Crippen LogP contribution in [0.25, 0.3) is 0 Å². The molecule has 120 valence electrons. The number of carbonyl (C=O) groups is 2. The molecule has 0 aromatic heterocycles. The average Bonchev–Trinajstić information content (AvgIpc) is 2.59. The van der Waals surface area contributed by atoms with Crippen LogP contribution in [0.2, 0.25) is 0 Å². The molecule has 2 rings (SSSR count). The van der Waals surface area contributed by atoms with Crippen LogP contribution in [0.15, 0.2) is 65.6 Å². The molecular weight excluding hydrogens is 314 g/mol. The van der Waals surface area contributed by atoms with Crippen molar-refractivity contribution in [3.63, 3.8) is 0 Å². The molecule has 2 N–H and O–H groups in total. The zero-order chi connectivity index (χ0) is 16.5. The fraction of sp³-hybridized carbons (Fsp3) is 0.176. The Labute approximate surface area is 138 Å². The van der Waals surface area contributed by atoms with E-state index in [1.165, 1.54) is 11.8 Å². The van der Waals surface area contributed by atoms with Crippen molar-refractivity contribution >= 4 is 23.9 Å². The molecule has 0 spiro atoms. The molecule has 23 heavy (non-hydrogen) atoms. The lowest BCUT2D eigenvalue weighted by atomic mass is 10.2. The molecule has 0 aliphatic carbocycles. The first-order chi connectivity index (χ1) is 11.1. The number of hydrogen-bond acceptors (Lipinski definition) is 6. The van der Waals surface area contributed by atoms with Crippen LogP contribution in [0.5, 0.6) is 0 Å². The Morgan fingerprint density at radius 3 is 2.26 bits per heavy atom. The molecule has 0 saturated carbocycles. The van der Waals surface area contributed by atoms with E-state index in [1.54, 1.807) is 12.1 Å². The molecule has 0 saturated heterocycles. The summed E-state index contributed by atoms with van der Waals surface area (Å²) in [6.45, 7) is 0.0426. The highest BCUT2D eigenvalue weighted by atomic mass is 32.2. The number of rotatable bonds is 6. The van der Waals surface area contributed by atoms with Crippen LogP contribution < -0.4 is 5.73 Å². The van der Waals surface area contributed by atoms with E-state index >= 15 is 0 Å². The highest BCUT2D eigenvalue weighted by Gasteiger charge is 2.20. The highest BCUT2D eigenvalue weighted by molar-refractivity contribution is 7.99. The summed E-state index contributed by atoms with van der Waals surface area (Å²) in [5, 5.41) is 0. The lowest BCUT2D eigenvalue weighted by Crippen LogP contribution is -2.36. The summed E-state index contributed by atoms with van der Waals surface area (Å²) >= 11 is 1.42. The summed E-state index contributed by atoms with van der Waals surface area (Å²) < 4.78 is 9.45. The smallest absolute Gasteiger partial charge is 0.429 e. The number of nitrogens with two attached hydrogens (primary N) is 1. The third-order valence-electron chi connectivity index (χ3n) is 2.86. The molecular formula is C17H17NO4S. The molecule has 5 nitrogen and oxygen atoms in total. The van der Waals surface area contributed by atoms with Crippen LogP contribution in [0.3, 0.4) is 0 Å². The Bertz CT molecular complexity index is 634. The fourth-order valence-corrected chi connectivity index (χ4v) is 2.53. The van der Waals surface area contributed by atoms with Crippen LogP contribution in [0, 0.1) is 0 Å². The van der Waals surface area contributed by atoms with Crippen molar-refractivity contribution < 1.29 is 19.1 Å². The lowest BCUT2D eigenvalue weighted by Gasteiger charge is -2.10. The summed E-state index contributed by atoms with van der Waals surface area (Å²) in [6.07, 6.45) is -1.04. The molecule has 2 aromatic carbocycles. The molecule has 0 amide bonds. The Morgan fingerprint density at radius 2 is 1.61 bits per heavy atom. The maximum absolute atomic E-state index is 11.7. The van der Waals surface area contributed by atoms with Gasteiger partial charge in [0.25, 0.3) is 0 Å². The summed E-state index contributed by atoms with van der Waals surface area (Å²) in [5.74, 6) is -0.485. The summed E-state index contributed by atoms with van der Waals surface area (Å²) in [6, 6.07) is 17.7. The zero-order valence-electron chi connectivity index (χ0n) is 12.4. The number of hydrogen-bond donors (Lipinski definition) is 1. The van der Waals surface area contributed by atoms with Crippen molar-refractivity contribution in [2.24, 2.45) is 5.73 Å². The summed E-state index contributed by atoms with van der Waals surface area (Å²) in [7, 11) is 0. The molecule has 0 aliphatic heterocycles. The monoisotopic (exact) mass is 331 g/mol. The van der Waals surface area contributed by atoms with Gasteiger partial charge in [0.1, 0.15) is 12.6 Å². The van der Waals surface area contributed by atoms with Crippen molar-refractivity contribution in [2.45, 2.75) is 17.5 Å². The van der Waals surface area contributed by atoms with E-state index in [0.29, 0.717) is 5.75 Å². The van der Waals surface area contributed by atoms with E-state index < -0.39 is 18.2 Å². The number of benzene rings is 2. The Morgan fingerprint density at radius 1 is 1.00 bits per heavy atom. The van der Waals surface area contributed by atoms with Gasteiger partial charge in [0.05, 0.1) is 0 Å². The minimum absolute atomic E-state index is 0.0426. The molecule has 0 aliphatic rings. The number of ether oxygens (including phenoxy) is 2. The lowest BCUT2D eigenvalue weighted by molar-refractivity contribution is -0.140. The van der Waals surface area contributed by atoms with Gasteiger partial charge in [-0.05, 0) is 17.7 Å². The molecule has 2 aromatic rings. The molecule has 0 heterocycles. The quantitative estimate of drug-likeness (QED) is 0.498. The maximum atomic E-state index is 11.7. The summed E-state index contributed by atoms with van der Waals surface area (Å²) in [4.78, 5) is 24.2. The van der Waals surface area contributed by atoms with Crippen molar-refractivity contribution in [3.05, 3.63) is 66.2 Å². The second-order valence-corrected chi connectivity index (χ2v) is 5.77. The predicted molar refractivity (Wildman–Crippen MR) is 87.9 cm³/mol. The first-order valence-corrected chi connectivity index (χ1v) is 7.99. The van der Waals surface area contributed by atoms with Gasteiger partial charge in [0.15, 0.2) is 0 Å². The van der Waals surface area contributed by atoms with E-state index in [9.17, 15) is 9.59 Å². The number of carbonyl (C=O) groups excluding carboxylic acids is 2. The third kappa shape index (κ3) is 6.14. The van der Waals surface area contributed by atoms with Crippen LogP contribution in [0.4, 0.5) is 4.79 Å². The molecule has 1 atom stereocenters. The Hall–Kier alpha value is -2.31. The van der Waals surface area contributed by atoms with E-state index in [0.717, 1.165) is 10.5 Å². The van der Waals surface area contributed by atoms with Crippen molar-refractivity contribution in [3.8, 4) is 0 Å². The molecule has 0 unspecified atom stereocenters. The van der Waals surface area contributed by atoms with E-state index in [1.807, 2.05) is 48.5 Å². The van der Waals surface area contributed by atoms with Gasteiger partial charge in [-0.25, -0.2) is 9.59 Å². The largest absolute Gasteiger partial charge is 0.516 e. The van der Waals surface area contributed by atoms with E-state index in [-0.39, 0.29) is 6.61 Å². The van der Waals surface area contributed by atoms with Gasteiger partial charge in [0.2, 0.25) is 0 Å². The highest BCUT2D eigenvalue weighted by Crippen LogP contribution is 2.17. The average molecular weight is 331 g/mol. The SMILES string of the molecule is N[C@@H](CSc1ccccc1)C(=O)OC(=O)OCc1ccccc1. The van der Waals surface area contributed by atoms with Crippen LogP contribution >= 0.6 is 11.8 Å². The van der Waals surface area contributed by atoms with Gasteiger partial charge in [-0.1, -0.05) is 48.5 Å². The maximum Gasteiger partial charge on any atom is 0.516 e. The summed E-state index contributed by atoms with van der Waals surface area (Å²) in [5.41, 5.74) is 6.52. The molecule has 0 fully saturated rings. The second-order valence-electron chi connectivity index (χ2n) is 4.68. The number of thioether (sulfide) groups is 1. The second kappa shape index (κ2) is 8.97. The minimum Gasteiger partial charge on any atom is -0.429 e. The van der Waals surface area contributed by atoms with Crippen molar-refractivity contribution in [2.75, 3.05) is 5.75 Å². The van der Waals surface area contributed by atoms with Gasteiger partial charge in [0, 0.05) is 10.6 Å². The van der Waals surface area contributed by atoms with Crippen molar-refractivity contribution in [1.29, 1.82) is 0 Å². The van der Waals surface area contributed by atoms with Crippen molar-refractivity contribution in [1.82, 2.24) is 0 Å². The zero-order valence-corrected chi connectivity index (χ0v) is 13.2. The van der Waals surface area contributed by atoms with E-state index in [4.69, 9.17) is 10.5 Å². The normalized spacial score (nSPS) is 11.5. The predicted octanol–water partition coefficient (Wildman–Crippen LogP) is 2.99. The first-order valence-electron chi connectivity index (χ1n) is 7.01. The van der Waals surface area contributed by atoms with Gasteiger partial charge < -0.3 is 15.2 Å². The topological polar surface area (TPSA) is 78.6 Å².